The van der Waals surface area contributed by atoms with Crippen LogP contribution in [0.3, 0.4) is 0 Å². The van der Waals surface area contributed by atoms with Crippen LogP contribution in [0.15, 0.2) is 18.2 Å². The second-order valence-electron chi connectivity index (χ2n) is 5.64. The molecule has 0 aromatic heterocycles. The van der Waals surface area contributed by atoms with Crippen molar-refractivity contribution in [3.63, 3.8) is 0 Å². The Labute approximate surface area is 150 Å². The number of nitrogens with one attached hydrogen (secondary N) is 1. The molecule has 0 radical (unpaired) electrons. The van der Waals surface area contributed by atoms with Crippen LogP contribution in [0.2, 0.25) is 0 Å². The van der Waals surface area contributed by atoms with E-state index in [1.54, 1.807) is 26.4 Å². The molecule has 7 heteroatoms. The number of piperazine rings is 1. The number of hydrogen-bond donors (Lipinski definition) is 1. The summed E-state index contributed by atoms with van der Waals surface area (Å²) < 4.78 is 10.5. The van der Waals surface area contributed by atoms with Gasteiger partial charge in [0.25, 0.3) is 0 Å². The van der Waals surface area contributed by atoms with Crippen molar-refractivity contribution < 1.29 is 26.7 Å². The number of hydrogen-bond acceptors (Lipinski definition) is 5. The van der Waals surface area contributed by atoms with E-state index in [0.717, 1.165) is 39.3 Å². The SMILES string of the molecule is CCN1CCN(CCC(=O)Nc2cc(OC)ccc2OC)CC1.[Cl-]. The lowest BCUT2D eigenvalue weighted by Crippen LogP contribution is -3.00. The molecule has 1 saturated heterocycles. The summed E-state index contributed by atoms with van der Waals surface area (Å²) in [5, 5.41) is 2.91. The van der Waals surface area contributed by atoms with Crippen molar-refractivity contribution in [3.05, 3.63) is 18.2 Å². The third kappa shape index (κ3) is 5.85. The number of carbonyl (C=O) groups excluding carboxylic acids is 1. The Hall–Kier alpha value is -1.50. The van der Waals surface area contributed by atoms with Gasteiger partial charge in [0, 0.05) is 45.2 Å². The van der Waals surface area contributed by atoms with Gasteiger partial charge in [-0.3, -0.25) is 4.79 Å². The van der Waals surface area contributed by atoms with Gasteiger partial charge in [-0.05, 0) is 18.7 Å². The van der Waals surface area contributed by atoms with Gasteiger partial charge >= 0.3 is 0 Å². The summed E-state index contributed by atoms with van der Waals surface area (Å²) >= 11 is 0. The molecule has 1 heterocycles. The molecule has 0 atom stereocenters. The van der Waals surface area contributed by atoms with Gasteiger partial charge in [-0.15, -0.1) is 0 Å². The number of nitrogens with zero attached hydrogens (tertiary/aromatic N) is 2. The molecule has 1 aromatic carbocycles. The molecular formula is C17H27ClN3O3-. The monoisotopic (exact) mass is 356 g/mol. The average molecular weight is 357 g/mol. The molecule has 1 amide bonds. The highest BCUT2D eigenvalue weighted by molar-refractivity contribution is 5.92. The van der Waals surface area contributed by atoms with Gasteiger partial charge in [-0.1, -0.05) is 6.92 Å². The van der Waals surface area contributed by atoms with E-state index in [-0.39, 0.29) is 18.3 Å². The molecule has 1 fully saturated rings. The van der Waals surface area contributed by atoms with Crippen LogP contribution in [0.1, 0.15) is 13.3 Å². The zero-order valence-electron chi connectivity index (χ0n) is 14.7. The van der Waals surface area contributed by atoms with E-state index in [9.17, 15) is 4.79 Å². The smallest absolute Gasteiger partial charge is 0.225 e. The third-order valence-electron chi connectivity index (χ3n) is 4.25. The number of halogens is 1. The van der Waals surface area contributed by atoms with Gasteiger partial charge in [-0.2, -0.15) is 0 Å². The van der Waals surface area contributed by atoms with Gasteiger partial charge in [0.2, 0.25) is 5.91 Å². The van der Waals surface area contributed by atoms with Crippen molar-refractivity contribution >= 4 is 11.6 Å². The van der Waals surface area contributed by atoms with Gasteiger partial charge < -0.3 is 37.0 Å². The van der Waals surface area contributed by atoms with Crippen molar-refractivity contribution in [3.8, 4) is 11.5 Å². The molecule has 0 bridgehead atoms. The Balaban J connectivity index is 0.00000288. The maximum atomic E-state index is 12.2. The van der Waals surface area contributed by atoms with Crippen molar-refractivity contribution in [2.75, 3.05) is 58.8 Å². The third-order valence-corrected chi connectivity index (χ3v) is 4.25. The van der Waals surface area contributed by atoms with E-state index in [0.29, 0.717) is 23.6 Å². The van der Waals surface area contributed by atoms with Crippen LogP contribution >= 0.6 is 0 Å². The number of anilines is 1. The van der Waals surface area contributed by atoms with Crippen LogP contribution in [0.25, 0.3) is 0 Å². The summed E-state index contributed by atoms with van der Waals surface area (Å²) in [6.07, 6.45) is 0.479. The largest absolute Gasteiger partial charge is 1.00 e. The Morgan fingerprint density at radius 1 is 1.12 bits per heavy atom. The van der Waals surface area contributed by atoms with E-state index < -0.39 is 0 Å². The molecule has 0 unspecified atom stereocenters. The molecule has 0 spiro atoms. The fraction of sp³-hybridized carbons (Fsp3) is 0.588. The molecule has 6 nitrogen and oxygen atoms in total. The first kappa shape index (κ1) is 20.5. The molecule has 24 heavy (non-hydrogen) atoms. The summed E-state index contributed by atoms with van der Waals surface area (Å²) in [6.45, 7) is 8.31. The maximum absolute atomic E-state index is 12.2. The van der Waals surface area contributed by atoms with Gasteiger partial charge in [0.15, 0.2) is 0 Å². The van der Waals surface area contributed by atoms with Gasteiger partial charge in [0.1, 0.15) is 11.5 Å². The van der Waals surface area contributed by atoms with Gasteiger partial charge in [-0.25, -0.2) is 0 Å². The molecule has 136 valence electrons. The molecule has 2 rings (SSSR count). The normalized spacial score (nSPS) is 15.5. The average Bonchev–Trinajstić information content (AvgIpc) is 2.60. The first-order valence-corrected chi connectivity index (χ1v) is 8.12. The van der Waals surface area contributed by atoms with Crippen molar-refractivity contribution in [1.29, 1.82) is 0 Å². The summed E-state index contributed by atoms with van der Waals surface area (Å²) in [6, 6.07) is 5.37. The molecule has 1 aliphatic heterocycles. The summed E-state index contributed by atoms with van der Waals surface area (Å²) in [5.74, 6) is 1.32. The molecule has 1 N–H and O–H groups in total. The first-order valence-electron chi connectivity index (χ1n) is 8.12. The minimum Gasteiger partial charge on any atom is -1.00 e. The highest BCUT2D eigenvalue weighted by Gasteiger charge is 2.16. The molecule has 1 aromatic rings. The molecule has 0 aliphatic carbocycles. The standard InChI is InChI=1S/C17H27N3O3.ClH/c1-4-19-9-11-20(12-10-19)8-7-17(21)18-15-13-14(22-2)5-6-16(15)23-3;/h5-6,13H,4,7-12H2,1-3H3,(H,18,21);1H/p-1. The first-order chi connectivity index (χ1) is 11.2. The number of methoxy groups -OCH3 is 2. The van der Waals surface area contributed by atoms with Crippen LogP contribution in [-0.4, -0.2) is 69.2 Å². The van der Waals surface area contributed by atoms with E-state index in [1.807, 2.05) is 6.07 Å². The number of ether oxygens (including phenoxy) is 2. The highest BCUT2D eigenvalue weighted by atomic mass is 35.5. The van der Waals surface area contributed by atoms with Crippen molar-refractivity contribution in [1.82, 2.24) is 9.80 Å². The van der Waals surface area contributed by atoms with Crippen LogP contribution in [0, 0.1) is 0 Å². The molecule has 0 saturated carbocycles. The van der Waals surface area contributed by atoms with Crippen LogP contribution < -0.4 is 27.2 Å². The van der Waals surface area contributed by atoms with Crippen LogP contribution in [0.5, 0.6) is 11.5 Å². The van der Waals surface area contributed by atoms with E-state index >= 15 is 0 Å². The van der Waals surface area contributed by atoms with Gasteiger partial charge in [0.05, 0.1) is 19.9 Å². The minimum absolute atomic E-state index is 0. The van der Waals surface area contributed by atoms with E-state index in [2.05, 4.69) is 22.0 Å². The maximum Gasteiger partial charge on any atom is 0.225 e. The quantitative estimate of drug-likeness (QED) is 0.656. The highest BCUT2D eigenvalue weighted by Crippen LogP contribution is 2.28. The lowest BCUT2D eigenvalue weighted by molar-refractivity contribution is -0.116. The Morgan fingerprint density at radius 3 is 2.38 bits per heavy atom. The minimum atomic E-state index is -0.00512. The Morgan fingerprint density at radius 2 is 1.79 bits per heavy atom. The zero-order chi connectivity index (χ0) is 16.7. The summed E-state index contributed by atoms with van der Waals surface area (Å²) in [7, 11) is 3.19. The summed E-state index contributed by atoms with van der Waals surface area (Å²) in [5.41, 5.74) is 0.646. The predicted molar refractivity (Wildman–Crippen MR) is 91.3 cm³/mol. The van der Waals surface area contributed by atoms with E-state index in [4.69, 9.17) is 9.47 Å². The molecular weight excluding hydrogens is 330 g/mol. The topological polar surface area (TPSA) is 54.0 Å². The lowest BCUT2D eigenvalue weighted by Gasteiger charge is -2.33. The van der Waals surface area contributed by atoms with Crippen molar-refractivity contribution in [2.45, 2.75) is 13.3 Å². The number of amides is 1. The summed E-state index contributed by atoms with van der Waals surface area (Å²) in [4.78, 5) is 17.0. The fourth-order valence-corrected chi connectivity index (χ4v) is 2.71. The number of rotatable bonds is 7. The Kier molecular flexibility index (Phi) is 8.89. The second kappa shape index (κ2) is 10.4. The number of benzene rings is 1. The predicted octanol–water partition coefficient (Wildman–Crippen LogP) is -1.33. The number of likely N-dealkylation sites (N-methyl/N-ethyl adjacent to an activating group) is 1. The van der Waals surface area contributed by atoms with E-state index in [1.165, 1.54) is 0 Å². The molecule has 1 aliphatic rings. The fourth-order valence-electron chi connectivity index (χ4n) is 2.71. The number of carbonyl (C=O) groups is 1. The lowest BCUT2D eigenvalue weighted by atomic mass is 10.2. The second-order valence-corrected chi connectivity index (χ2v) is 5.64. The zero-order valence-corrected chi connectivity index (χ0v) is 15.4. The van der Waals surface area contributed by atoms with Crippen LogP contribution in [0.4, 0.5) is 5.69 Å². The van der Waals surface area contributed by atoms with Crippen molar-refractivity contribution in [2.24, 2.45) is 0 Å². The Bertz CT molecular complexity index is 520. The van der Waals surface area contributed by atoms with Crippen LogP contribution in [-0.2, 0) is 4.79 Å².